The first-order valence-corrected chi connectivity index (χ1v) is 9.77. The number of nitrogens with zero attached hydrogens (tertiary/aromatic N) is 2. The standard InChI is InChI=1S/C25H20N4O/c1-17-5-4-14-29-16-23(28-24(17)29)19-9-11-21(12-10-19)26-25(30)27-22-13-8-18-6-2-3-7-20(18)15-22/h2-16H,1H3,(H2,26,27,30). The van der Waals surface area contributed by atoms with Crippen LogP contribution in [0.5, 0.6) is 0 Å². The van der Waals surface area contributed by atoms with Crippen LogP contribution < -0.4 is 10.6 Å². The van der Waals surface area contributed by atoms with Gasteiger partial charge in [0.15, 0.2) is 0 Å². The lowest BCUT2D eigenvalue weighted by Crippen LogP contribution is -2.19. The quantitative estimate of drug-likeness (QED) is 0.389. The number of urea groups is 1. The van der Waals surface area contributed by atoms with Crippen molar-refractivity contribution in [1.29, 1.82) is 0 Å². The first kappa shape index (κ1) is 17.9. The summed E-state index contributed by atoms with van der Waals surface area (Å²) in [7, 11) is 0. The van der Waals surface area contributed by atoms with Crippen LogP contribution in [0.2, 0.25) is 0 Å². The third kappa shape index (κ3) is 3.49. The number of pyridine rings is 1. The second kappa shape index (κ2) is 7.37. The van der Waals surface area contributed by atoms with Gasteiger partial charge in [-0.2, -0.15) is 0 Å². The maximum atomic E-state index is 12.4. The molecule has 0 fully saturated rings. The van der Waals surface area contributed by atoms with Crippen molar-refractivity contribution in [3.63, 3.8) is 0 Å². The monoisotopic (exact) mass is 392 g/mol. The van der Waals surface area contributed by atoms with E-state index in [1.807, 2.05) is 103 Å². The second-order valence-corrected chi connectivity index (χ2v) is 7.27. The molecule has 0 aliphatic rings. The van der Waals surface area contributed by atoms with Crippen LogP contribution in [0.15, 0.2) is 91.3 Å². The van der Waals surface area contributed by atoms with Crippen LogP contribution in [0.3, 0.4) is 0 Å². The van der Waals surface area contributed by atoms with Gasteiger partial charge in [0.25, 0.3) is 0 Å². The number of benzene rings is 3. The fraction of sp³-hybridized carbons (Fsp3) is 0.0400. The first-order chi connectivity index (χ1) is 14.7. The molecule has 5 nitrogen and oxygen atoms in total. The molecular formula is C25H20N4O. The first-order valence-electron chi connectivity index (χ1n) is 9.77. The van der Waals surface area contributed by atoms with Gasteiger partial charge in [-0.1, -0.05) is 48.5 Å². The molecule has 2 amide bonds. The number of amides is 2. The summed E-state index contributed by atoms with van der Waals surface area (Å²) in [6.07, 6.45) is 4.00. The molecule has 0 aliphatic heterocycles. The van der Waals surface area contributed by atoms with Crippen LogP contribution in [-0.2, 0) is 0 Å². The fourth-order valence-electron chi connectivity index (χ4n) is 3.58. The Morgan fingerprint density at radius 1 is 0.833 bits per heavy atom. The largest absolute Gasteiger partial charge is 0.323 e. The summed E-state index contributed by atoms with van der Waals surface area (Å²) < 4.78 is 2.02. The average molecular weight is 392 g/mol. The van der Waals surface area contributed by atoms with Crippen molar-refractivity contribution in [1.82, 2.24) is 9.38 Å². The highest BCUT2D eigenvalue weighted by atomic mass is 16.2. The molecule has 146 valence electrons. The molecule has 5 heteroatoms. The predicted molar refractivity (Wildman–Crippen MR) is 122 cm³/mol. The van der Waals surface area contributed by atoms with Crippen LogP contribution in [0, 0.1) is 6.92 Å². The molecule has 5 rings (SSSR count). The summed E-state index contributed by atoms with van der Waals surface area (Å²) >= 11 is 0. The molecule has 0 unspecified atom stereocenters. The van der Waals surface area contributed by atoms with Crippen molar-refractivity contribution in [3.8, 4) is 11.3 Å². The lowest BCUT2D eigenvalue weighted by molar-refractivity contribution is 0.262. The number of carbonyl (C=O) groups is 1. The van der Waals surface area contributed by atoms with Gasteiger partial charge in [0.05, 0.1) is 5.69 Å². The normalized spacial score (nSPS) is 11.0. The summed E-state index contributed by atoms with van der Waals surface area (Å²) in [6, 6.07) is 25.4. The molecule has 0 radical (unpaired) electrons. The Hall–Kier alpha value is -4.12. The van der Waals surface area contributed by atoms with E-state index in [1.165, 1.54) is 0 Å². The Morgan fingerprint density at radius 2 is 1.57 bits per heavy atom. The molecule has 0 saturated heterocycles. The van der Waals surface area contributed by atoms with E-state index in [-0.39, 0.29) is 6.03 Å². The van der Waals surface area contributed by atoms with E-state index in [9.17, 15) is 4.79 Å². The number of aromatic nitrogens is 2. The number of rotatable bonds is 3. The van der Waals surface area contributed by atoms with Crippen molar-refractivity contribution in [2.24, 2.45) is 0 Å². The number of imidazole rings is 1. The zero-order chi connectivity index (χ0) is 20.5. The number of carbonyl (C=O) groups excluding carboxylic acids is 1. The molecule has 0 bridgehead atoms. The Balaban J connectivity index is 1.30. The summed E-state index contributed by atoms with van der Waals surface area (Å²) in [6.45, 7) is 2.05. The van der Waals surface area contributed by atoms with Crippen LogP contribution >= 0.6 is 0 Å². The van der Waals surface area contributed by atoms with Crippen molar-refractivity contribution in [3.05, 3.63) is 96.8 Å². The molecular weight excluding hydrogens is 372 g/mol. The molecule has 2 N–H and O–H groups in total. The highest BCUT2D eigenvalue weighted by Crippen LogP contribution is 2.23. The third-order valence-electron chi connectivity index (χ3n) is 5.12. The van der Waals surface area contributed by atoms with Gasteiger partial charge in [-0.05, 0) is 53.6 Å². The van der Waals surface area contributed by atoms with Gasteiger partial charge >= 0.3 is 6.03 Å². The molecule has 30 heavy (non-hydrogen) atoms. The highest BCUT2D eigenvalue weighted by molar-refractivity contribution is 6.01. The van der Waals surface area contributed by atoms with Crippen LogP contribution in [0.4, 0.5) is 16.2 Å². The van der Waals surface area contributed by atoms with E-state index < -0.39 is 0 Å². The van der Waals surface area contributed by atoms with Gasteiger partial charge < -0.3 is 15.0 Å². The summed E-state index contributed by atoms with van der Waals surface area (Å²) in [5.74, 6) is 0. The van der Waals surface area contributed by atoms with Crippen molar-refractivity contribution in [2.75, 3.05) is 10.6 Å². The molecule has 2 heterocycles. The topological polar surface area (TPSA) is 58.4 Å². The maximum Gasteiger partial charge on any atom is 0.323 e. The van der Waals surface area contributed by atoms with Gasteiger partial charge in [-0.15, -0.1) is 0 Å². The Labute approximate surface area is 174 Å². The number of fused-ring (bicyclic) bond motifs is 2. The highest BCUT2D eigenvalue weighted by Gasteiger charge is 2.07. The number of nitrogens with one attached hydrogen (secondary N) is 2. The Morgan fingerprint density at radius 3 is 2.37 bits per heavy atom. The SMILES string of the molecule is Cc1cccn2cc(-c3ccc(NC(=O)Nc4ccc5ccccc5c4)cc3)nc12. The maximum absolute atomic E-state index is 12.4. The zero-order valence-corrected chi connectivity index (χ0v) is 16.5. The zero-order valence-electron chi connectivity index (χ0n) is 16.5. The fourth-order valence-corrected chi connectivity index (χ4v) is 3.58. The van der Waals surface area contributed by atoms with Gasteiger partial charge in [-0.25, -0.2) is 9.78 Å². The summed E-state index contributed by atoms with van der Waals surface area (Å²) in [5, 5.41) is 7.99. The minimum atomic E-state index is -0.276. The Bertz CT molecular complexity index is 1370. The predicted octanol–water partition coefficient (Wildman–Crippen LogP) is 6.11. The minimum Gasteiger partial charge on any atom is -0.308 e. The minimum absolute atomic E-state index is 0.276. The Kier molecular flexibility index (Phi) is 4.41. The molecule has 5 aromatic rings. The lowest BCUT2D eigenvalue weighted by atomic mass is 10.1. The molecule has 0 atom stereocenters. The van der Waals surface area contributed by atoms with Gasteiger partial charge in [-0.3, -0.25) is 0 Å². The number of hydrogen-bond donors (Lipinski definition) is 2. The smallest absolute Gasteiger partial charge is 0.308 e. The number of hydrogen-bond acceptors (Lipinski definition) is 2. The average Bonchev–Trinajstić information content (AvgIpc) is 3.20. The van der Waals surface area contributed by atoms with Crippen molar-refractivity contribution >= 4 is 33.8 Å². The molecule has 0 aliphatic carbocycles. The van der Waals surface area contributed by atoms with Crippen LogP contribution in [-0.4, -0.2) is 15.4 Å². The number of aryl methyl sites for hydroxylation is 1. The van der Waals surface area contributed by atoms with E-state index in [0.717, 1.165) is 44.6 Å². The van der Waals surface area contributed by atoms with Gasteiger partial charge in [0, 0.05) is 29.3 Å². The molecule has 0 spiro atoms. The van der Waals surface area contributed by atoms with Crippen molar-refractivity contribution < 1.29 is 4.79 Å². The third-order valence-corrected chi connectivity index (χ3v) is 5.12. The molecule has 3 aromatic carbocycles. The summed E-state index contributed by atoms with van der Waals surface area (Å²) in [5.41, 5.74) is 5.45. The van der Waals surface area contributed by atoms with E-state index in [4.69, 9.17) is 4.98 Å². The number of anilines is 2. The van der Waals surface area contributed by atoms with E-state index in [0.29, 0.717) is 0 Å². The van der Waals surface area contributed by atoms with E-state index >= 15 is 0 Å². The summed E-state index contributed by atoms with van der Waals surface area (Å²) in [4.78, 5) is 17.1. The molecule has 0 saturated carbocycles. The van der Waals surface area contributed by atoms with E-state index in [2.05, 4.69) is 10.6 Å². The van der Waals surface area contributed by atoms with Gasteiger partial charge in [0.2, 0.25) is 0 Å². The second-order valence-electron chi connectivity index (χ2n) is 7.27. The lowest BCUT2D eigenvalue weighted by Gasteiger charge is -2.09. The van der Waals surface area contributed by atoms with E-state index in [1.54, 1.807) is 0 Å². The van der Waals surface area contributed by atoms with Crippen molar-refractivity contribution in [2.45, 2.75) is 6.92 Å². The molecule has 2 aromatic heterocycles. The van der Waals surface area contributed by atoms with Crippen LogP contribution in [0.25, 0.3) is 27.7 Å². The van der Waals surface area contributed by atoms with Crippen LogP contribution in [0.1, 0.15) is 5.56 Å². The van der Waals surface area contributed by atoms with Gasteiger partial charge in [0.1, 0.15) is 5.65 Å².